The number of rotatable bonds is 7. The van der Waals surface area contributed by atoms with Gasteiger partial charge < -0.3 is 14.8 Å². The van der Waals surface area contributed by atoms with E-state index >= 15 is 0 Å². The lowest BCUT2D eigenvalue weighted by atomic mass is 10.1. The molecule has 0 aliphatic carbocycles. The van der Waals surface area contributed by atoms with Crippen LogP contribution in [0.2, 0.25) is 0 Å². The van der Waals surface area contributed by atoms with Crippen LogP contribution in [0.4, 0.5) is 0 Å². The highest BCUT2D eigenvalue weighted by atomic mass is 16.5. The molecule has 1 heterocycles. The van der Waals surface area contributed by atoms with Gasteiger partial charge >= 0.3 is 0 Å². The summed E-state index contributed by atoms with van der Waals surface area (Å²) in [4.78, 5) is 4.44. The quantitative estimate of drug-likeness (QED) is 0.826. The lowest BCUT2D eigenvalue weighted by molar-refractivity contribution is 0.0288. The first kappa shape index (κ1) is 13.9. The van der Waals surface area contributed by atoms with Gasteiger partial charge in [0.1, 0.15) is 0 Å². The zero-order valence-corrected chi connectivity index (χ0v) is 11.4. The number of hydrogen-bond acceptors (Lipinski definition) is 4. The van der Waals surface area contributed by atoms with E-state index in [1.165, 1.54) is 10.9 Å². The van der Waals surface area contributed by atoms with Crippen LogP contribution in [-0.2, 0) is 16.0 Å². The molecular formula is C15H20N2O2. The van der Waals surface area contributed by atoms with Gasteiger partial charge in [0.15, 0.2) is 0 Å². The molecule has 0 spiro atoms. The molecule has 0 aliphatic heterocycles. The number of fused-ring (bicyclic) bond motifs is 1. The summed E-state index contributed by atoms with van der Waals surface area (Å²) in [5.41, 5.74) is 2.25. The molecule has 1 N–H and O–H groups in total. The Morgan fingerprint density at radius 3 is 2.84 bits per heavy atom. The van der Waals surface area contributed by atoms with Crippen LogP contribution in [0.5, 0.6) is 0 Å². The van der Waals surface area contributed by atoms with E-state index in [1.807, 2.05) is 12.3 Å². The van der Waals surface area contributed by atoms with Gasteiger partial charge in [-0.2, -0.15) is 0 Å². The monoisotopic (exact) mass is 260 g/mol. The molecule has 1 unspecified atom stereocenters. The minimum atomic E-state index is 0.0768. The fourth-order valence-electron chi connectivity index (χ4n) is 2.07. The fourth-order valence-corrected chi connectivity index (χ4v) is 2.07. The molecule has 1 aromatic carbocycles. The smallest absolute Gasteiger partial charge is 0.0928 e. The SMILES string of the molecule is COCC(CNCc1cccc2cccnc12)OC. The summed E-state index contributed by atoms with van der Waals surface area (Å²) >= 11 is 0. The molecule has 0 amide bonds. The Balaban J connectivity index is 1.98. The summed E-state index contributed by atoms with van der Waals surface area (Å²) in [5.74, 6) is 0. The maximum absolute atomic E-state index is 5.31. The molecule has 4 heteroatoms. The molecule has 0 aliphatic rings. The maximum Gasteiger partial charge on any atom is 0.0928 e. The number of ether oxygens (including phenoxy) is 2. The highest BCUT2D eigenvalue weighted by Gasteiger charge is 2.07. The van der Waals surface area contributed by atoms with E-state index in [-0.39, 0.29) is 6.10 Å². The van der Waals surface area contributed by atoms with E-state index < -0.39 is 0 Å². The van der Waals surface area contributed by atoms with E-state index in [2.05, 4.69) is 34.6 Å². The number of methoxy groups -OCH3 is 2. The zero-order chi connectivity index (χ0) is 13.5. The third-order valence-corrected chi connectivity index (χ3v) is 3.09. The Hall–Kier alpha value is -1.49. The van der Waals surface area contributed by atoms with Gasteiger partial charge in [-0.25, -0.2) is 0 Å². The van der Waals surface area contributed by atoms with Crippen molar-refractivity contribution in [2.24, 2.45) is 0 Å². The minimum absolute atomic E-state index is 0.0768. The Bertz CT molecular complexity index is 511. The summed E-state index contributed by atoms with van der Waals surface area (Å²) in [5, 5.41) is 4.55. The normalized spacial score (nSPS) is 12.7. The van der Waals surface area contributed by atoms with Crippen LogP contribution < -0.4 is 5.32 Å². The van der Waals surface area contributed by atoms with Crippen molar-refractivity contribution >= 4 is 10.9 Å². The molecule has 19 heavy (non-hydrogen) atoms. The number of benzene rings is 1. The van der Waals surface area contributed by atoms with Crippen LogP contribution >= 0.6 is 0 Å². The van der Waals surface area contributed by atoms with Crippen molar-refractivity contribution in [3.05, 3.63) is 42.1 Å². The number of nitrogens with zero attached hydrogens (tertiary/aromatic N) is 1. The zero-order valence-electron chi connectivity index (χ0n) is 11.4. The third-order valence-electron chi connectivity index (χ3n) is 3.09. The molecule has 1 aromatic heterocycles. The standard InChI is InChI=1S/C15H20N2O2/c1-18-11-14(19-2)10-16-9-13-6-3-5-12-7-4-8-17-15(12)13/h3-8,14,16H,9-11H2,1-2H3. The highest BCUT2D eigenvalue weighted by Crippen LogP contribution is 2.15. The molecular weight excluding hydrogens is 240 g/mol. The predicted molar refractivity (Wildman–Crippen MR) is 76.1 cm³/mol. The number of para-hydroxylation sites is 1. The van der Waals surface area contributed by atoms with Gasteiger partial charge in [-0.1, -0.05) is 24.3 Å². The average Bonchev–Trinajstić information content (AvgIpc) is 2.46. The lowest BCUT2D eigenvalue weighted by Gasteiger charge is -2.15. The van der Waals surface area contributed by atoms with Crippen LogP contribution in [0.25, 0.3) is 10.9 Å². The Kier molecular flexibility index (Phi) is 5.27. The van der Waals surface area contributed by atoms with E-state index in [1.54, 1.807) is 14.2 Å². The average molecular weight is 260 g/mol. The Morgan fingerprint density at radius 1 is 1.21 bits per heavy atom. The van der Waals surface area contributed by atoms with Gasteiger partial charge in [0.25, 0.3) is 0 Å². The number of nitrogens with one attached hydrogen (secondary N) is 1. The van der Waals surface area contributed by atoms with Gasteiger partial charge in [0, 0.05) is 38.9 Å². The number of hydrogen-bond donors (Lipinski definition) is 1. The second kappa shape index (κ2) is 7.19. The van der Waals surface area contributed by atoms with E-state index in [0.717, 1.165) is 18.6 Å². The van der Waals surface area contributed by atoms with E-state index in [0.29, 0.717) is 6.61 Å². The first-order valence-corrected chi connectivity index (χ1v) is 6.40. The van der Waals surface area contributed by atoms with Crippen molar-refractivity contribution < 1.29 is 9.47 Å². The van der Waals surface area contributed by atoms with Crippen LogP contribution in [0.3, 0.4) is 0 Å². The van der Waals surface area contributed by atoms with Gasteiger partial charge in [-0.05, 0) is 11.6 Å². The molecule has 2 rings (SSSR count). The van der Waals surface area contributed by atoms with E-state index in [9.17, 15) is 0 Å². The molecule has 0 radical (unpaired) electrons. The molecule has 0 saturated carbocycles. The molecule has 0 bridgehead atoms. The summed E-state index contributed by atoms with van der Waals surface area (Å²) < 4.78 is 10.4. The Morgan fingerprint density at radius 2 is 2.05 bits per heavy atom. The van der Waals surface area contributed by atoms with Crippen molar-refractivity contribution in [3.8, 4) is 0 Å². The third kappa shape index (κ3) is 3.73. The van der Waals surface area contributed by atoms with Crippen molar-refractivity contribution in [2.45, 2.75) is 12.6 Å². The predicted octanol–water partition coefficient (Wildman–Crippen LogP) is 1.99. The summed E-state index contributed by atoms with van der Waals surface area (Å²) in [6.07, 6.45) is 1.90. The van der Waals surface area contributed by atoms with Gasteiger partial charge in [0.05, 0.1) is 18.2 Å². The van der Waals surface area contributed by atoms with E-state index in [4.69, 9.17) is 9.47 Å². The fraction of sp³-hybridized carbons (Fsp3) is 0.400. The highest BCUT2D eigenvalue weighted by molar-refractivity contribution is 5.81. The summed E-state index contributed by atoms with van der Waals surface area (Å²) in [6.45, 7) is 2.13. The van der Waals surface area contributed by atoms with Gasteiger partial charge in [0.2, 0.25) is 0 Å². The summed E-state index contributed by atoms with van der Waals surface area (Å²) in [7, 11) is 3.38. The van der Waals surface area contributed by atoms with Gasteiger partial charge in [-0.3, -0.25) is 4.98 Å². The van der Waals surface area contributed by atoms with Crippen molar-refractivity contribution in [1.82, 2.24) is 10.3 Å². The minimum Gasteiger partial charge on any atom is -0.382 e. The molecule has 0 fully saturated rings. The molecule has 0 saturated heterocycles. The molecule has 2 aromatic rings. The van der Waals surface area contributed by atoms with Gasteiger partial charge in [-0.15, -0.1) is 0 Å². The second-order valence-electron chi connectivity index (χ2n) is 4.44. The summed E-state index contributed by atoms with van der Waals surface area (Å²) in [6, 6.07) is 10.3. The molecule has 102 valence electrons. The van der Waals surface area contributed by atoms with Crippen LogP contribution in [0.15, 0.2) is 36.5 Å². The van der Waals surface area contributed by atoms with Crippen molar-refractivity contribution in [1.29, 1.82) is 0 Å². The number of aromatic nitrogens is 1. The molecule has 1 atom stereocenters. The van der Waals surface area contributed by atoms with Crippen LogP contribution in [0.1, 0.15) is 5.56 Å². The molecule has 4 nitrogen and oxygen atoms in total. The second-order valence-corrected chi connectivity index (χ2v) is 4.44. The van der Waals surface area contributed by atoms with Crippen LogP contribution in [0, 0.1) is 0 Å². The largest absolute Gasteiger partial charge is 0.382 e. The Labute approximate surface area is 113 Å². The maximum atomic E-state index is 5.31. The van der Waals surface area contributed by atoms with Crippen LogP contribution in [-0.4, -0.2) is 38.5 Å². The first-order valence-electron chi connectivity index (χ1n) is 6.40. The number of pyridine rings is 1. The van der Waals surface area contributed by atoms with Crippen molar-refractivity contribution in [2.75, 3.05) is 27.4 Å². The first-order chi connectivity index (χ1) is 9.35. The van der Waals surface area contributed by atoms with Crippen molar-refractivity contribution in [3.63, 3.8) is 0 Å². The lowest BCUT2D eigenvalue weighted by Crippen LogP contribution is -2.31. The topological polar surface area (TPSA) is 43.4 Å².